The van der Waals surface area contributed by atoms with E-state index < -0.39 is 10.8 Å². The fourth-order valence-corrected chi connectivity index (χ4v) is 1.86. The summed E-state index contributed by atoms with van der Waals surface area (Å²) in [6, 6.07) is 4.22. The van der Waals surface area contributed by atoms with Crippen molar-refractivity contribution in [2.45, 2.75) is 6.42 Å². The van der Waals surface area contributed by atoms with Crippen molar-refractivity contribution in [1.29, 1.82) is 0 Å². The van der Waals surface area contributed by atoms with Gasteiger partial charge in [-0.3, -0.25) is 9.00 Å². The van der Waals surface area contributed by atoms with Crippen LogP contribution < -0.4 is 11.1 Å². The molecule has 6 heteroatoms. The van der Waals surface area contributed by atoms with Crippen molar-refractivity contribution in [3.05, 3.63) is 23.8 Å². The lowest BCUT2D eigenvalue weighted by molar-refractivity contribution is 0.0954. The number of carbonyl (C=O) groups is 1. The van der Waals surface area contributed by atoms with Crippen LogP contribution in [0.25, 0.3) is 0 Å². The molecular formula is C11H16N2O3S. The molecule has 1 amide bonds. The second-order valence-electron chi connectivity index (χ2n) is 3.66. The van der Waals surface area contributed by atoms with Gasteiger partial charge in [0.15, 0.2) is 0 Å². The summed E-state index contributed by atoms with van der Waals surface area (Å²) in [6.07, 6.45) is 2.27. The lowest BCUT2D eigenvalue weighted by Crippen LogP contribution is -2.26. The van der Waals surface area contributed by atoms with Gasteiger partial charge in [-0.2, -0.15) is 0 Å². The number of amides is 1. The molecule has 0 saturated heterocycles. The third-order valence-electron chi connectivity index (χ3n) is 2.18. The Labute approximate surface area is 102 Å². The lowest BCUT2D eigenvalue weighted by atomic mass is 10.1. The van der Waals surface area contributed by atoms with Gasteiger partial charge in [0.1, 0.15) is 5.75 Å². The van der Waals surface area contributed by atoms with Gasteiger partial charge in [-0.25, -0.2) is 0 Å². The van der Waals surface area contributed by atoms with Crippen molar-refractivity contribution >= 4 is 22.4 Å². The minimum atomic E-state index is -0.849. The molecule has 17 heavy (non-hydrogen) atoms. The van der Waals surface area contributed by atoms with Gasteiger partial charge in [-0.05, 0) is 24.6 Å². The number of carbonyl (C=O) groups excluding carboxylic acids is 1. The number of anilines is 1. The van der Waals surface area contributed by atoms with Gasteiger partial charge in [-0.1, -0.05) is 0 Å². The number of nitrogens with two attached hydrogens (primary N) is 1. The summed E-state index contributed by atoms with van der Waals surface area (Å²) in [5.74, 6) is 0.217. The maximum Gasteiger partial charge on any atom is 0.253 e. The summed E-state index contributed by atoms with van der Waals surface area (Å²) in [4.78, 5) is 11.7. The minimum absolute atomic E-state index is 0.000915. The molecule has 0 fully saturated rings. The monoisotopic (exact) mass is 256 g/mol. The normalized spacial score (nSPS) is 12.1. The van der Waals surface area contributed by atoms with Gasteiger partial charge in [-0.15, -0.1) is 0 Å². The first kappa shape index (κ1) is 13.5. The smallest absolute Gasteiger partial charge is 0.253 e. The first-order valence-electron chi connectivity index (χ1n) is 5.17. The topological polar surface area (TPSA) is 92.4 Å². The van der Waals surface area contributed by atoms with Crippen LogP contribution in [0, 0.1) is 0 Å². The SMILES string of the molecule is CS(=O)CCCNC(=O)c1cc(O)ccc1N. The highest BCUT2D eigenvalue weighted by molar-refractivity contribution is 7.84. The number of rotatable bonds is 5. The van der Waals surface area contributed by atoms with Crippen LogP contribution >= 0.6 is 0 Å². The zero-order valence-corrected chi connectivity index (χ0v) is 10.4. The van der Waals surface area contributed by atoms with E-state index in [1.165, 1.54) is 18.2 Å². The molecule has 94 valence electrons. The highest BCUT2D eigenvalue weighted by Crippen LogP contribution is 2.18. The molecule has 0 aliphatic carbocycles. The second kappa shape index (κ2) is 6.24. The molecule has 4 N–H and O–H groups in total. The Hall–Kier alpha value is -1.56. The molecule has 1 rings (SSSR count). The van der Waals surface area contributed by atoms with Crippen LogP contribution in [-0.4, -0.2) is 33.8 Å². The summed E-state index contributed by atoms with van der Waals surface area (Å²) in [5, 5.41) is 11.9. The number of aromatic hydroxyl groups is 1. The van der Waals surface area contributed by atoms with Crippen LogP contribution in [0.15, 0.2) is 18.2 Å². The molecular weight excluding hydrogens is 240 g/mol. The third kappa shape index (κ3) is 4.44. The van der Waals surface area contributed by atoms with Gasteiger partial charge < -0.3 is 16.2 Å². The fourth-order valence-electron chi connectivity index (χ4n) is 1.31. The Morgan fingerprint density at radius 2 is 2.24 bits per heavy atom. The quantitative estimate of drug-likeness (QED) is 0.406. The van der Waals surface area contributed by atoms with E-state index in [0.717, 1.165) is 0 Å². The zero-order valence-electron chi connectivity index (χ0n) is 9.60. The summed E-state index contributed by atoms with van der Waals surface area (Å²) >= 11 is 0. The Kier molecular flexibility index (Phi) is 4.96. The van der Waals surface area contributed by atoms with E-state index in [0.29, 0.717) is 24.4 Å². The van der Waals surface area contributed by atoms with Crippen LogP contribution in [0.1, 0.15) is 16.8 Å². The largest absolute Gasteiger partial charge is 0.508 e. The highest BCUT2D eigenvalue weighted by Gasteiger charge is 2.09. The predicted octanol–water partition coefficient (Wildman–Crippen LogP) is 0.473. The Morgan fingerprint density at radius 3 is 2.88 bits per heavy atom. The van der Waals surface area contributed by atoms with Crippen LogP contribution in [0.5, 0.6) is 5.75 Å². The number of phenolic OH excluding ortho intramolecular Hbond substituents is 1. The van der Waals surface area contributed by atoms with E-state index in [2.05, 4.69) is 5.32 Å². The second-order valence-corrected chi connectivity index (χ2v) is 5.21. The van der Waals surface area contributed by atoms with Crippen LogP contribution in [0.4, 0.5) is 5.69 Å². The summed E-state index contributed by atoms with van der Waals surface area (Å²) in [6.45, 7) is 0.438. The number of phenols is 1. The van der Waals surface area contributed by atoms with Gasteiger partial charge in [0.25, 0.3) is 5.91 Å². The minimum Gasteiger partial charge on any atom is -0.508 e. The van der Waals surface area contributed by atoms with E-state index >= 15 is 0 Å². The Morgan fingerprint density at radius 1 is 1.53 bits per heavy atom. The zero-order chi connectivity index (χ0) is 12.8. The van der Waals surface area contributed by atoms with Gasteiger partial charge >= 0.3 is 0 Å². The fraction of sp³-hybridized carbons (Fsp3) is 0.364. The highest BCUT2D eigenvalue weighted by atomic mass is 32.2. The molecule has 0 aromatic heterocycles. The van der Waals surface area contributed by atoms with Gasteiger partial charge in [0, 0.05) is 35.0 Å². The first-order chi connectivity index (χ1) is 8.00. The number of benzene rings is 1. The maximum atomic E-state index is 11.7. The third-order valence-corrected chi connectivity index (χ3v) is 3.04. The van der Waals surface area contributed by atoms with E-state index in [1.54, 1.807) is 6.26 Å². The molecule has 0 aliphatic rings. The van der Waals surface area contributed by atoms with Crippen molar-refractivity contribution in [2.75, 3.05) is 24.3 Å². The maximum absolute atomic E-state index is 11.7. The van der Waals surface area contributed by atoms with Crippen LogP contribution in [-0.2, 0) is 10.8 Å². The van der Waals surface area contributed by atoms with Crippen LogP contribution in [0.3, 0.4) is 0 Å². The van der Waals surface area contributed by atoms with Crippen molar-refractivity contribution in [1.82, 2.24) is 5.32 Å². The summed E-state index contributed by atoms with van der Waals surface area (Å²) in [5.41, 5.74) is 6.19. The molecule has 1 aromatic carbocycles. The van der Waals surface area contributed by atoms with Gasteiger partial charge in [0.05, 0.1) is 5.56 Å². The standard InChI is InChI=1S/C11H16N2O3S/c1-17(16)6-2-5-13-11(15)9-7-8(14)3-4-10(9)12/h3-4,7,14H,2,5-6,12H2,1H3,(H,13,15). The molecule has 0 spiro atoms. The molecule has 0 aliphatic heterocycles. The van der Waals surface area contributed by atoms with E-state index in [-0.39, 0.29) is 17.2 Å². The number of nitrogen functional groups attached to an aromatic ring is 1. The number of nitrogens with one attached hydrogen (secondary N) is 1. The van der Waals surface area contributed by atoms with E-state index in [1.807, 2.05) is 0 Å². The number of hydrogen-bond donors (Lipinski definition) is 3. The molecule has 1 aromatic rings. The predicted molar refractivity (Wildman–Crippen MR) is 68.4 cm³/mol. The van der Waals surface area contributed by atoms with E-state index in [9.17, 15) is 14.1 Å². The summed E-state index contributed by atoms with van der Waals surface area (Å²) in [7, 11) is -0.849. The van der Waals surface area contributed by atoms with Crippen molar-refractivity contribution in [3.63, 3.8) is 0 Å². The first-order valence-corrected chi connectivity index (χ1v) is 6.90. The molecule has 0 bridgehead atoms. The van der Waals surface area contributed by atoms with Crippen molar-refractivity contribution < 1.29 is 14.1 Å². The van der Waals surface area contributed by atoms with Crippen LogP contribution in [0.2, 0.25) is 0 Å². The average Bonchev–Trinajstić information content (AvgIpc) is 2.27. The average molecular weight is 256 g/mol. The summed E-state index contributed by atoms with van der Waals surface area (Å²) < 4.78 is 10.8. The van der Waals surface area contributed by atoms with E-state index in [4.69, 9.17) is 5.73 Å². The van der Waals surface area contributed by atoms with Gasteiger partial charge in [0.2, 0.25) is 0 Å². The molecule has 1 unspecified atom stereocenters. The molecule has 5 nitrogen and oxygen atoms in total. The number of hydrogen-bond acceptors (Lipinski definition) is 4. The molecule has 1 atom stereocenters. The Balaban J connectivity index is 2.52. The molecule has 0 heterocycles. The van der Waals surface area contributed by atoms with Crippen molar-refractivity contribution in [3.8, 4) is 5.75 Å². The molecule has 0 radical (unpaired) electrons. The lowest BCUT2D eigenvalue weighted by Gasteiger charge is -2.07. The molecule has 0 saturated carbocycles. The Bertz CT molecular complexity index is 435. The van der Waals surface area contributed by atoms with Crippen molar-refractivity contribution in [2.24, 2.45) is 0 Å².